The number of methoxy groups -OCH3 is 1. The van der Waals surface area contributed by atoms with Crippen LogP contribution in [-0.2, 0) is 27.4 Å². The highest BCUT2D eigenvalue weighted by atomic mass is 16.5. The second kappa shape index (κ2) is 13.7. The highest BCUT2D eigenvalue weighted by molar-refractivity contribution is 5.94. The molecule has 1 amide bonds. The molecule has 2 N–H and O–H groups in total. The third kappa shape index (κ3) is 7.44. The van der Waals surface area contributed by atoms with Gasteiger partial charge in [-0.1, -0.05) is 25.1 Å². The van der Waals surface area contributed by atoms with Crippen LogP contribution in [0.4, 0.5) is 5.69 Å². The minimum atomic E-state index is -1.19. The number of amides is 1. The molecule has 2 heterocycles. The first-order valence-corrected chi connectivity index (χ1v) is 11.7. The summed E-state index contributed by atoms with van der Waals surface area (Å²) in [7, 11) is 1.69. The molecule has 1 fully saturated rings. The van der Waals surface area contributed by atoms with E-state index in [1.807, 2.05) is 49.1 Å². The van der Waals surface area contributed by atoms with Crippen LogP contribution in [0.1, 0.15) is 33.1 Å². The zero-order valence-corrected chi connectivity index (χ0v) is 20.7. The molecule has 0 saturated carbocycles. The van der Waals surface area contributed by atoms with E-state index in [9.17, 15) is 9.59 Å². The number of carboxylic acid groups (broad SMARTS) is 1. The standard InChI is InChI=1S/C21H32N6O3.C2H4O3/c1-4-19(28)27(18-9-7-6-8-10-18)21(17-30-3)11-13-24(14-12-21)15-16-26-20(29)25(5-2)22-23-26;3-1-2(4)5/h6-10H,4-5,11-17H2,1-3H3;3H,1H2,(H,4,5). The average molecular weight is 493 g/mol. The maximum Gasteiger partial charge on any atom is 0.363 e. The number of aliphatic hydroxyl groups is 1. The molecule has 0 spiro atoms. The van der Waals surface area contributed by atoms with Crippen LogP contribution < -0.4 is 10.6 Å². The van der Waals surface area contributed by atoms with Crippen molar-refractivity contribution in [3.63, 3.8) is 0 Å². The molecule has 0 aliphatic carbocycles. The molecule has 12 nitrogen and oxygen atoms in total. The van der Waals surface area contributed by atoms with Gasteiger partial charge in [0.05, 0.1) is 18.7 Å². The van der Waals surface area contributed by atoms with Crippen LogP contribution in [0.15, 0.2) is 35.1 Å². The first kappa shape index (κ1) is 28.1. The number of aromatic nitrogens is 4. The number of piperidine rings is 1. The van der Waals surface area contributed by atoms with Gasteiger partial charge >= 0.3 is 11.7 Å². The molecule has 0 bridgehead atoms. The fraction of sp³-hybridized carbons (Fsp3) is 0.609. The number of aryl methyl sites for hydroxylation is 1. The van der Waals surface area contributed by atoms with E-state index >= 15 is 0 Å². The van der Waals surface area contributed by atoms with Crippen LogP contribution in [0.3, 0.4) is 0 Å². The van der Waals surface area contributed by atoms with Crippen LogP contribution in [0.5, 0.6) is 0 Å². The van der Waals surface area contributed by atoms with Gasteiger partial charge in [0.1, 0.15) is 6.61 Å². The lowest BCUT2D eigenvalue weighted by Gasteiger charge is -2.48. The number of nitrogens with zero attached hydrogens (tertiary/aromatic N) is 6. The molecule has 12 heteroatoms. The third-order valence-electron chi connectivity index (χ3n) is 6.00. The topological polar surface area (TPSA) is 143 Å². The Labute approximate surface area is 204 Å². The van der Waals surface area contributed by atoms with E-state index in [-0.39, 0.29) is 17.1 Å². The van der Waals surface area contributed by atoms with Crippen molar-refractivity contribution in [3.05, 3.63) is 40.8 Å². The van der Waals surface area contributed by atoms with E-state index in [0.29, 0.717) is 26.1 Å². The number of carbonyl (C=O) groups is 2. The molecule has 3 rings (SSSR count). The van der Waals surface area contributed by atoms with Crippen molar-refractivity contribution in [1.82, 2.24) is 24.7 Å². The minimum absolute atomic E-state index is 0.106. The number of rotatable bonds is 10. The molecule has 1 saturated heterocycles. The Hall–Kier alpha value is -3.09. The molecule has 0 radical (unpaired) electrons. The molecular weight excluding hydrogens is 456 g/mol. The number of tetrazole rings is 1. The predicted molar refractivity (Wildman–Crippen MR) is 129 cm³/mol. The molecule has 0 unspecified atom stereocenters. The Kier molecular flexibility index (Phi) is 11.0. The Morgan fingerprint density at radius 2 is 1.69 bits per heavy atom. The summed E-state index contributed by atoms with van der Waals surface area (Å²) in [5, 5.41) is 22.8. The van der Waals surface area contributed by atoms with Crippen LogP contribution in [0.25, 0.3) is 0 Å². The Morgan fingerprint density at radius 3 is 2.17 bits per heavy atom. The molecular formula is C23H36N6O6. The number of aliphatic carboxylic acids is 1. The number of para-hydroxylation sites is 1. The zero-order valence-electron chi connectivity index (χ0n) is 20.7. The van der Waals surface area contributed by atoms with Gasteiger partial charge in [0.15, 0.2) is 0 Å². The van der Waals surface area contributed by atoms with E-state index < -0.39 is 12.6 Å². The number of ether oxygens (including phenoxy) is 1. The van der Waals surface area contributed by atoms with Crippen molar-refractivity contribution in [2.45, 2.75) is 51.7 Å². The van der Waals surface area contributed by atoms with Crippen molar-refractivity contribution in [2.24, 2.45) is 0 Å². The smallest absolute Gasteiger partial charge is 0.363 e. The van der Waals surface area contributed by atoms with Gasteiger partial charge in [0, 0.05) is 45.4 Å². The van der Waals surface area contributed by atoms with Crippen LogP contribution in [0, 0.1) is 0 Å². The highest BCUT2D eigenvalue weighted by Gasteiger charge is 2.42. The average Bonchev–Trinajstić information content (AvgIpc) is 3.24. The molecule has 1 aliphatic rings. The van der Waals surface area contributed by atoms with Crippen molar-refractivity contribution in [2.75, 3.05) is 44.9 Å². The van der Waals surface area contributed by atoms with E-state index in [1.165, 1.54) is 9.36 Å². The van der Waals surface area contributed by atoms with Gasteiger partial charge in [-0.05, 0) is 42.3 Å². The molecule has 194 valence electrons. The van der Waals surface area contributed by atoms with Gasteiger partial charge in [-0.25, -0.2) is 9.59 Å². The number of carbonyl (C=O) groups excluding carboxylic acids is 1. The Morgan fingerprint density at radius 1 is 1.09 bits per heavy atom. The summed E-state index contributed by atoms with van der Waals surface area (Å²) >= 11 is 0. The van der Waals surface area contributed by atoms with Gasteiger partial charge < -0.3 is 24.7 Å². The zero-order chi connectivity index (χ0) is 25.8. The third-order valence-corrected chi connectivity index (χ3v) is 6.00. The first-order chi connectivity index (χ1) is 16.8. The summed E-state index contributed by atoms with van der Waals surface area (Å²) < 4.78 is 8.37. The maximum atomic E-state index is 13.0. The van der Waals surface area contributed by atoms with Gasteiger partial charge in [0.25, 0.3) is 0 Å². The van der Waals surface area contributed by atoms with Crippen LogP contribution in [0.2, 0.25) is 0 Å². The number of likely N-dealkylation sites (tertiary alicyclic amines) is 1. The van der Waals surface area contributed by atoms with Crippen molar-refractivity contribution < 1.29 is 24.5 Å². The van der Waals surface area contributed by atoms with Crippen molar-refractivity contribution >= 4 is 17.6 Å². The second-order valence-corrected chi connectivity index (χ2v) is 8.27. The summed E-state index contributed by atoms with van der Waals surface area (Å²) in [6.45, 7) is 6.87. The quantitative estimate of drug-likeness (QED) is 0.483. The number of hydrogen-bond acceptors (Lipinski definition) is 8. The molecule has 2 aromatic rings. The van der Waals surface area contributed by atoms with E-state index in [0.717, 1.165) is 38.2 Å². The molecule has 1 aliphatic heterocycles. The summed E-state index contributed by atoms with van der Waals surface area (Å²) in [4.78, 5) is 38.5. The largest absolute Gasteiger partial charge is 0.480 e. The molecule has 1 aromatic heterocycles. The molecule has 1 aromatic carbocycles. The predicted octanol–water partition coefficient (Wildman–Crippen LogP) is 0.447. The molecule has 0 atom stereocenters. The SMILES string of the molecule is CCC(=O)N(c1ccccc1)C1(COC)CCN(CCn2nnn(CC)c2=O)CC1.O=C(O)CO. The number of benzene rings is 1. The lowest BCUT2D eigenvalue weighted by molar-refractivity contribution is -0.140. The summed E-state index contributed by atoms with van der Waals surface area (Å²) in [6.07, 6.45) is 2.05. The van der Waals surface area contributed by atoms with Gasteiger partial charge in [-0.2, -0.15) is 9.36 Å². The maximum absolute atomic E-state index is 13.0. The number of anilines is 1. The lowest BCUT2D eigenvalue weighted by atomic mass is 9.85. The lowest BCUT2D eigenvalue weighted by Crippen LogP contribution is -2.60. The van der Waals surface area contributed by atoms with Gasteiger partial charge in [-0.3, -0.25) is 4.79 Å². The van der Waals surface area contributed by atoms with Gasteiger partial charge in [0.2, 0.25) is 5.91 Å². The number of hydrogen-bond donors (Lipinski definition) is 2. The number of aliphatic hydroxyl groups excluding tert-OH is 1. The molecule has 35 heavy (non-hydrogen) atoms. The van der Waals surface area contributed by atoms with Gasteiger partial charge in [-0.15, -0.1) is 0 Å². The summed E-state index contributed by atoms with van der Waals surface area (Å²) in [5.41, 5.74) is 0.367. The van der Waals surface area contributed by atoms with E-state index in [2.05, 4.69) is 15.3 Å². The van der Waals surface area contributed by atoms with E-state index in [1.54, 1.807) is 7.11 Å². The Bertz CT molecular complexity index is 984. The first-order valence-electron chi connectivity index (χ1n) is 11.7. The van der Waals surface area contributed by atoms with Crippen LogP contribution in [-0.4, -0.2) is 92.3 Å². The van der Waals surface area contributed by atoms with Crippen molar-refractivity contribution in [1.29, 1.82) is 0 Å². The number of carboxylic acids is 1. The second-order valence-electron chi connectivity index (χ2n) is 8.27. The summed E-state index contributed by atoms with van der Waals surface area (Å²) in [5.74, 6) is -1.08. The monoisotopic (exact) mass is 492 g/mol. The fourth-order valence-electron chi connectivity index (χ4n) is 4.19. The minimum Gasteiger partial charge on any atom is -0.480 e. The Balaban J connectivity index is 0.000000784. The van der Waals surface area contributed by atoms with Crippen LogP contribution >= 0.6 is 0 Å². The normalized spacial score (nSPS) is 15.2. The highest BCUT2D eigenvalue weighted by Crippen LogP contribution is 2.34. The van der Waals surface area contributed by atoms with E-state index in [4.69, 9.17) is 19.7 Å². The summed E-state index contributed by atoms with van der Waals surface area (Å²) in [6, 6.07) is 9.85. The fourth-order valence-corrected chi connectivity index (χ4v) is 4.19. The van der Waals surface area contributed by atoms with Crippen molar-refractivity contribution in [3.8, 4) is 0 Å².